The summed E-state index contributed by atoms with van der Waals surface area (Å²) in [4.78, 5) is 12.6. The largest absolute Gasteiger partial charge is 0.377 e. The minimum absolute atomic E-state index is 0.112. The Bertz CT molecular complexity index is 414. The Morgan fingerprint density at radius 3 is 3.06 bits per heavy atom. The molecule has 1 aliphatic rings. The SMILES string of the molecule is CC(=O)c1cc(Br)ccc1SCC1CCCO1. The summed E-state index contributed by atoms with van der Waals surface area (Å²) in [5.74, 6) is 1.04. The number of Topliss-reactive ketones (excluding diaryl/α,β-unsaturated/α-hetero) is 1. The molecular weight excluding hydrogens is 300 g/mol. The van der Waals surface area contributed by atoms with Crippen LogP contribution in [0.5, 0.6) is 0 Å². The lowest BCUT2D eigenvalue weighted by Crippen LogP contribution is -2.08. The molecular formula is C13H15BrO2S. The summed E-state index contributed by atoms with van der Waals surface area (Å²) >= 11 is 5.11. The van der Waals surface area contributed by atoms with Crippen molar-refractivity contribution in [3.05, 3.63) is 28.2 Å². The molecule has 0 radical (unpaired) electrons. The van der Waals surface area contributed by atoms with Crippen molar-refractivity contribution in [2.45, 2.75) is 30.8 Å². The number of carbonyl (C=O) groups excluding carboxylic acids is 1. The first-order valence-corrected chi connectivity index (χ1v) is 7.49. The lowest BCUT2D eigenvalue weighted by molar-refractivity contribution is 0.101. The van der Waals surface area contributed by atoms with E-state index in [2.05, 4.69) is 15.9 Å². The molecule has 0 bridgehead atoms. The molecule has 1 atom stereocenters. The highest BCUT2D eigenvalue weighted by molar-refractivity contribution is 9.10. The van der Waals surface area contributed by atoms with Crippen LogP contribution >= 0.6 is 27.7 Å². The summed E-state index contributed by atoms with van der Waals surface area (Å²) in [5.41, 5.74) is 0.794. The van der Waals surface area contributed by atoms with Crippen LogP contribution in [0.3, 0.4) is 0 Å². The molecule has 0 N–H and O–H groups in total. The van der Waals surface area contributed by atoms with E-state index in [4.69, 9.17) is 4.74 Å². The molecule has 1 unspecified atom stereocenters. The number of carbonyl (C=O) groups is 1. The van der Waals surface area contributed by atoms with Gasteiger partial charge in [0.25, 0.3) is 0 Å². The number of halogens is 1. The first kappa shape index (κ1) is 13.1. The van der Waals surface area contributed by atoms with Gasteiger partial charge in [0, 0.05) is 27.3 Å². The van der Waals surface area contributed by atoms with Gasteiger partial charge in [-0.1, -0.05) is 15.9 Å². The molecule has 2 nitrogen and oxygen atoms in total. The van der Waals surface area contributed by atoms with Gasteiger partial charge in [-0.25, -0.2) is 0 Å². The quantitative estimate of drug-likeness (QED) is 0.622. The molecule has 0 amide bonds. The van der Waals surface area contributed by atoms with E-state index in [9.17, 15) is 4.79 Å². The molecule has 2 rings (SSSR count). The van der Waals surface area contributed by atoms with Crippen molar-refractivity contribution in [3.63, 3.8) is 0 Å². The lowest BCUT2D eigenvalue weighted by Gasteiger charge is -2.11. The summed E-state index contributed by atoms with van der Waals surface area (Å²) in [5, 5.41) is 0. The monoisotopic (exact) mass is 314 g/mol. The highest BCUT2D eigenvalue weighted by atomic mass is 79.9. The van der Waals surface area contributed by atoms with Crippen molar-refractivity contribution >= 4 is 33.5 Å². The molecule has 0 aliphatic carbocycles. The maximum absolute atomic E-state index is 11.5. The van der Waals surface area contributed by atoms with E-state index in [-0.39, 0.29) is 5.78 Å². The highest BCUT2D eigenvalue weighted by Gasteiger charge is 2.17. The Kier molecular flexibility index (Phi) is 4.65. The van der Waals surface area contributed by atoms with Crippen LogP contribution in [-0.2, 0) is 4.74 Å². The number of rotatable bonds is 4. The van der Waals surface area contributed by atoms with E-state index in [1.807, 2.05) is 18.2 Å². The second-order valence-corrected chi connectivity index (χ2v) is 6.12. The molecule has 92 valence electrons. The normalized spacial score (nSPS) is 19.5. The van der Waals surface area contributed by atoms with Gasteiger partial charge in [0.15, 0.2) is 5.78 Å². The smallest absolute Gasteiger partial charge is 0.160 e. The van der Waals surface area contributed by atoms with Crippen molar-refractivity contribution in [1.82, 2.24) is 0 Å². The average Bonchev–Trinajstić information content (AvgIpc) is 2.80. The maximum Gasteiger partial charge on any atom is 0.160 e. The van der Waals surface area contributed by atoms with Gasteiger partial charge in [-0.2, -0.15) is 0 Å². The van der Waals surface area contributed by atoms with Crippen LogP contribution < -0.4 is 0 Å². The molecule has 1 aromatic carbocycles. The van der Waals surface area contributed by atoms with Crippen LogP contribution in [-0.4, -0.2) is 24.2 Å². The third-order valence-corrected chi connectivity index (χ3v) is 4.47. The molecule has 0 spiro atoms. The van der Waals surface area contributed by atoms with Crippen LogP contribution in [0.4, 0.5) is 0 Å². The third-order valence-electron chi connectivity index (χ3n) is 2.77. The van der Waals surface area contributed by atoms with Gasteiger partial charge < -0.3 is 4.74 Å². The Morgan fingerprint density at radius 1 is 1.59 bits per heavy atom. The van der Waals surface area contributed by atoms with E-state index in [1.54, 1.807) is 18.7 Å². The van der Waals surface area contributed by atoms with Crippen LogP contribution in [0, 0.1) is 0 Å². The second kappa shape index (κ2) is 6.03. The Hall–Kier alpha value is -0.320. The number of hydrogen-bond donors (Lipinski definition) is 0. The van der Waals surface area contributed by atoms with Crippen LogP contribution in [0.15, 0.2) is 27.6 Å². The molecule has 1 heterocycles. The minimum Gasteiger partial charge on any atom is -0.377 e. The maximum atomic E-state index is 11.5. The van der Waals surface area contributed by atoms with Crippen molar-refractivity contribution in [1.29, 1.82) is 0 Å². The highest BCUT2D eigenvalue weighted by Crippen LogP contribution is 2.29. The van der Waals surface area contributed by atoms with Gasteiger partial charge in [-0.3, -0.25) is 4.79 Å². The first-order chi connectivity index (χ1) is 8.16. The predicted octanol–water partition coefficient (Wildman–Crippen LogP) is 3.92. The van der Waals surface area contributed by atoms with E-state index < -0.39 is 0 Å². The van der Waals surface area contributed by atoms with Crippen molar-refractivity contribution in [2.24, 2.45) is 0 Å². The van der Waals surface area contributed by atoms with Crippen LogP contribution in [0.1, 0.15) is 30.1 Å². The van der Waals surface area contributed by atoms with E-state index >= 15 is 0 Å². The predicted molar refractivity (Wildman–Crippen MR) is 73.8 cm³/mol. The fourth-order valence-corrected chi connectivity index (χ4v) is 3.37. The molecule has 0 saturated carbocycles. The molecule has 1 fully saturated rings. The van der Waals surface area contributed by atoms with Crippen molar-refractivity contribution in [2.75, 3.05) is 12.4 Å². The summed E-state index contributed by atoms with van der Waals surface area (Å²) in [6.07, 6.45) is 2.65. The zero-order valence-corrected chi connectivity index (χ0v) is 12.1. The second-order valence-electron chi connectivity index (χ2n) is 4.14. The van der Waals surface area contributed by atoms with E-state index in [0.29, 0.717) is 6.10 Å². The summed E-state index contributed by atoms with van der Waals surface area (Å²) in [6, 6.07) is 5.87. The molecule has 0 aromatic heterocycles. The summed E-state index contributed by atoms with van der Waals surface area (Å²) < 4.78 is 6.53. The zero-order valence-electron chi connectivity index (χ0n) is 9.74. The minimum atomic E-state index is 0.112. The number of thioether (sulfide) groups is 1. The van der Waals surface area contributed by atoms with Gasteiger partial charge in [0.2, 0.25) is 0 Å². The Labute approximate surface area is 114 Å². The number of benzene rings is 1. The average molecular weight is 315 g/mol. The number of hydrogen-bond acceptors (Lipinski definition) is 3. The van der Waals surface area contributed by atoms with Gasteiger partial charge in [0.1, 0.15) is 0 Å². The van der Waals surface area contributed by atoms with Gasteiger partial charge in [-0.05, 0) is 38.0 Å². The van der Waals surface area contributed by atoms with E-state index in [1.165, 1.54) is 0 Å². The molecule has 17 heavy (non-hydrogen) atoms. The Morgan fingerprint density at radius 2 is 2.41 bits per heavy atom. The standard InChI is InChI=1S/C13H15BrO2S/c1-9(15)12-7-10(14)4-5-13(12)17-8-11-3-2-6-16-11/h4-5,7,11H,2-3,6,8H2,1H3. The van der Waals surface area contributed by atoms with Gasteiger partial charge in [0.05, 0.1) is 6.10 Å². The fraction of sp³-hybridized carbons (Fsp3) is 0.462. The third kappa shape index (κ3) is 3.57. The van der Waals surface area contributed by atoms with E-state index in [0.717, 1.165) is 40.1 Å². The van der Waals surface area contributed by atoms with Gasteiger partial charge in [-0.15, -0.1) is 11.8 Å². The van der Waals surface area contributed by atoms with Crippen LogP contribution in [0.2, 0.25) is 0 Å². The molecule has 1 aromatic rings. The lowest BCUT2D eigenvalue weighted by atomic mass is 10.1. The first-order valence-electron chi connectivity index (χ1n) is 5.71. The number of ether oxygens (including phenoxy) is 1. The molecule has 1 saturated heterocycles. The molecule has 1 aliphatic heterocycles. The topological polar surface area (TPSA) is 26.3 Å². The number of ketones is 1. The Balaban J connectivity index is 2.06. The fourth-order valence-electron chi connectivity index (χ4n) is 1.86. The molecule has 4 heteroatoms. The van der Waals surface area contributed by atoms with Crippen LogP contribution in [0.25, 0.3) is 0 Å². The van der Waals surface area contributed by atoms with Crippen molar-refractivity contribution < 1.29 is 9.53 Å². The summed E-state index contributed by atoms with van der Waals surface area (Å²) in [7, 11) is 0. The zero-order chi connectivity index (χ0) is 12.3. The van der Waals surface area contributed by atoms with Crippen molar-refractivity contribution in [3.8, 4) is 0 Å². The van der Waals surface area contributed by atoms with Gasteiger partial charge >= 0.3 is 0 Å². The summed E-state index contributed by atoms with van der Waals surface area (Å²) in [6.45, 7) is 2.49.